The molecule has 0 aliphatic carbocycles. The first kappa shape index (κ1) is 12.2. The van der Waals surface area contributed by atoms with Gasteiger partial charge in [-0.2, -0.15) is 0 Å². The van der Waals surface area contributed by atoms with Gasteiger partial charge in [0.05, 0.1) is 13.7 Å². The van der Waals surface area contributed by atoms with E-state index in [0.29, 0.717) is 12.5 Å². The number of esters is 1. The first-order valence-electron chi connectivity index (χ1n) is 5.02. The van der Waals surface area contributed by atoms with Gasteiger partial charge >= 0.3 is 5.97 Å². The summed E-state index contributed by atoms with van der Waals surface area (Å²) >= 11 is 0. The van der Waals surface area contributed by atoms with Gasteiger partial charge in [0.2, 0.25) is 5.88 Å². The van der Waals surface area contributed by atoms with Crippen molar-refractivity contribution in [2.24, 2.45) is 0 Å². The number of carbonyl (C=O) groups is 1. The van der Waals surface area contributed by atoms with Crippen molar-refractivity contribution < 1.29 is 14.3 Å². The van der Waals surface area contributed by atoms with Gasteiger partial charge in [-0.1, -0.05) is 0 Å². The average Bonchev–Trinajstić information content (AvgIpc) is 2.29. The molecule has 86 valence electrons. The van der Waals surface area contributed by atoms with Crippen LogP contribution in [0, 0.1) is 0 Å². The fourth-order valence-corrected chi connectivity index (χ4v) is 1.21. The third-order valence-electron chi connectivity index (χ3n) is 2.02. The van der Waals surface area contributed by atoms with Crippen LogP contribution in [0.4, 0.5) is 0 Å². The number of carbonyl (C=O) groups excluding carboxylic acids is 1. The summed E-state index contributed by atoms with van der Waals surface area (Å²) in [6, 6.07) is 3.58. The predicted octanol–water partition coefficient (Wildman–Crippen LogP) is 2.06. The lowest BCUT2D eigenvalue weighted by molar-refractivity contribution is -0.137. The molecule has 0 aliphatic rings. The second-order valence-corrected chi connectivity index (χ2v) is 3.17. The lowest BCUT2D eigenvalue weighted by Crippen LogP contribution is -2.00. The molecule has 0 N–H and O–H groups in total. The molecule has 1 rings (SSSR count). The number of hydrogen-bond acceptors (Lipinski definition) is 4. The predicted molar refractivity (Wildman–Crippen MR) is 61.1 cm³/mol. The molecule has 1 heterocycles. The van der Waals surface area contributed by atoms with Crippen molar-refractivity contribution in [2.75, 3.05) is 13.7 Å². The van der Waals surface area contributed by atoms with E-state index in [1.807, 2.05) is 13.0 Å². The number of allylic oxidation sites excluding steroid dienone is 1. The van der Waals surface area contributed by atoms with Gasteiger partial charge in [-0.05, 0) is 31.1 Å². The van der Waals surface area contributed by atoms with Crippen LogP contribution in [0.3, 0.4) is 0 Å². The molecule has 1 aromatic heterocycles. The Labute approximate surface area is 94.9 Å². The number of methoxy groups -OCH3 is 1. The smallest absolute Gasteiger partial charge is 0.331 e. The fourth-order valence-electron chi connectivity index (χ4n) is 1.21. The summed E-state index contributed by atoms with van der Waals surface area (Å²) in [5.41, 5.74) is 1.71. The highest BCUT2D eigenvalue weighted by molar-refractivity contribution is 5.90. The Bertz CT molecular complexity index is 399. The molecule has 4 heteroatoms. The molecule has 0 amide bonds. The second kappa shape index (κ2) is 5.90. The molecule has 0 aliphatic heterocycles. The van der Waals surface area contributed by atoms with Crippen LogP contribution in [0.5, 0.6) is 5.88 Å². The van der Waals surface area contributed by atoms with Crippen LogP contribution < -0.4 is 4.74 Å². The monoisotopic (exact) mass is 221 g/mol. The van der Waals surface area contributed by atoms with Gasteiger partial charge in [0.15, 0.2) is 0 Å². The zero-order valence-corrected chi connectivity index (χ0v) is 9.69. The first-order chi connectivity index (χ1) is 7.67. The summed E-state index contributed by atoms with van der Waals surface area (Å²) in [6.45, 7) is 3.99. The fraction of sp³-hybridized carbons (Fsp3) is 0.333. The van der Waals surface area contributed by atoms with E-state index in [0.717, 1.165) is 11.1 Å². The highest BCUT2D eigenvalue weighted by Gasteiger charge is 2.02. The summed E-state index contributed by atoms with van der Waals surface area (Å²) in [7, 11) is 1.55. The van der Waals surface area contributed by atoms with Gasteiger partial charge in [0, 0.05) is 18.3 Å². The van der Waals surface area contributed by atoms with E-state index in [1.165, 1.54) is 6.08 Å². The van der Waals surface area contributed by atoms with Gasteiger partial charge in [-0.25, -0.2) is 9.78 Å². The van der Waals surface area contributed by atoms with Crippen molar-refractivity contribution in [1.29, 1.82) is 0 Å². The lowest BCUT2D eigenvalue weighted by Gasteiger charge is -2.03. The minimum Gasteiger partial charge on any atom is -0.481 e. The Balaban J connectivity index is 2.86. The normalized spacial score (nSPS) is 11.1. The minimum atomic E-state index is -0.337. The van der Waals surface area contributed by atoms with E-state index < -0.39 is 0 Å². The van der Waals surface area contributed by atoms with E-state index in [9.17, 15) is 4.79 Å². The molecular formula is C12H15NO3. The van der Waals surface area contributed by atoms with Gasteiger partial charge in [0.1, 0.15) is 0 Å². The SMILES string of the molecule is CCOC(=O)C=C(C)c1ccnc(OC)c1. The highest BCUT2D eigenvalue weighted by atomic mass is 16.5. The van der Waals surface area contributed by atoms with Crippen molar-refractivity contribution in [3.8, 4) is 5.88 Å². The zero-order valence-electron chi connectivity index (χ0n) is 9.69. The number of aromatic nitrogens is 1. The Hall–Kier alpha value is -1.84. The van der Waals surface area contributed by atoms with E-state index >= 15 is 0 Å². The number of hydrogen-bond donors (Lipinski definition) is 0. The Morgan fingerprint density at radius 3 is 2.94 bits per heavy atom. The first-order valence-corrected chi connectivity index (χ1v) is 5.02. The van der Waals surface area contributed by atoms with Crippen LogP contribution >= 0.6 is 0 Å². The van der Waals surface area contributed by atoms with Crippen molar-refractivity contribution in [2.45, 2.75) is 13.8 Å². The van der Waals surface area contributed by atoms with Crippen LogP contribution in [0.2, 0.25) is 0 Å². The zero-order chi connectivity index (χ0) is 12.0. The number of rotatable bonds is 4. The third-order valence-corrected chi connectivity index (χ3v) is 2.02. The van der Waals surface area contributed by atoms with E-state index in [1.54, 1.807) is 26.3 Å². The number of ether oxygens (including phenoxy) is 2. The minimum absolute atomic E-state index is 0.337. The van der Waals surface area contributed by atoms with Crippen molar-refractivity contribution in [3.05, 3.63) is 30.0 Å². The van der Waals surface area contributed by atoms with Crippen LogP contribution in [0.15, 0.2) is 24.4 Å². The summed E-state index contributed by atoms with van der Waals surface area (Å²) in [4.78, 5) is 15.2. The topological polar surface area (TPSA) is 48.4 Å². The summed E-state index contributed by atoms with van der Waals surface area (Å²) in [5, 5.41) is 0. The number of pyridine rings is 1. The van der Waals surface area contributed by atoms with Gasteiger partial charge in [-0.3, -0.25) is 0 Å². The summed E-state index contributed by atoms with van der Waals surface area (Å²) in [6.07, 6.45) is 3.09. The lowest BCUT2D eigenvalue weighted by atomic mass is 10.1. The van der Waals surface area contributed by atoms with E-state index in [4.69, 9.17) is 9.47 Å². The largest absolute Gasteiger partial charge is 0.481 e. The molecular weight excluding hydrogens is 206 g/mol. The van der Waals surface area contributed by atoms with Crippen LogP contribution in [-0.4, -0.2) is 24.7 Å². The molecule has 0 aromatic carbocycles. The van der Waals surface area contributed by atoms with Crippen molar-refractivity contribution >= 4 is 11.5 Å². The molecule has 16 heavy (non-hydrogen) atoms. The molecule has 0 bridgehead atoms. The van der Waals surface area contributed by atoms with Crippen molar-refractivity contribution in [1.82, 2.24) is 4.98 Å². The summed E-state index contributed by atoms with van der Waals surface area (Å²) in [5.74, 6) is 0.185. The molecule has 0 saturated carbocycles. The quantitative estimate of drug-likeness (QED) is 0.576. The van der Waals surface area contributed by atoms with Crippen LogP contribution in [0.1, 0.15) is 19.4 Å². The van der Waals surface area contributed by atoms with Gasteiger partial charge < -0.3 is 9.47 Å². The standard InChI is InChI=1S/C12H15NO3/c1-4-16-12(14)7-9(2)10-5-6-13-11(8-10)15-3/h5-8H,4H2,1-3H3. The maximum atomic E-state index is 11.2. The summed E-state index contributed by atoms with van der Waals surface area (Å²) < 4.78 is 9.83. The Kier molecular flexibility index (Phi) is 4.51. The van der Waals surface area contributed by atoms with Gasteiger partial charge in [-0.15, -0.1) is 0 Å². The second-order valence-electron chi connectivity index (χ2n) is 3.17. The molecule has 0 unspecified atom stereocenters. The highest BCUT2D eigenvalue weighted by Crippen LogP contribution is 2.17. The molecule has 0 spiro atoms. The third kappa shape index (κ3) is 3.38. The van der Waals surface area contributed by atoms with Crippen LogP contribution in [0.25, 0.3) is 5.57 Å². The number of nitrogens with zero attached hydrogens (tertiary/aromatic N) is 1. The maximum Gasteiger partial charge on any atom is 0.331 e. The molecule has 0 saturated heterocycles. The molecule has 0 fully saturated rings. The van der Waals surface area contributed by atoms with Gasteiger partial charge in [0.25, 0.3) is 0 Å². The van der Waals surface area contributed by atoms with Crippen LogP contribution in [-0.2, 0) is 9.53 Å². The average molecular weight is 221 g/mol. The van der Waals surface area contributed by atoms with E-state index in [-0.39, 0.29) is 5.97 Å². The Morgan fingerprint density at radius 1 is 1.56 bits per heavy atom. The Morgan fingerprint density at radius 2 is 2.31 bits per heavy atom. The van der Waals surface area contributed by atoms with Crippen molar-refractivity contribution in [3.63, 3.8) is 0 Å². The molecule has 0 radical (unpaired) electrons. The molecule has 4 nitrogen and oxygen atoms in total. The maximum absolute atomic E-state index is 11.2. The molecule has 0 atom stereocenters. The van der Waals surface area contributed by atoms with E-state index in [2.05, 4.69) is 4.98 Å². The molecule has 1 aromatic rings.